The van der Waals surface area contributed by atoms with Crippen LogP contribution in [0.3, 0.4) is 0 Å². The van der Waals surface area contributed by atoms with Gasteiger partial charge in [0.1, 0.15) is 24.4 Å². The van der Waals surface area contributed by atoms with Crippen molar-refractivity contribution in [3.63, 3.8) is 0 Å². The van der Waals surface area contributed by atoms with Gasteiger partial charge in [-0.25, -0.2) is 0 Å². The van der Waals surface area contributed by atoms with Gasteiger partial charge in [0.2, 0.25) is 0 Å². The van der Waals surface area contributed by atoms with E-state index in [1.807, 2.05) is 0 Å². The number of carbonyl (C=O) groups is 1. The fourth-order valence-corrected chi connectivity index (χ4v) is 1.02. The Hall–Kier alpha value is 0.230. The molecule has 0 aliphatic carbocycles. The maximum absolute atomic E-state index is 10.0. The molecular formula is C9H17NaO8. The van der Waals surface area contributed by atoms with E-state index in [2.05, 4.69) is 0 Å². The van der Waals surface area contributed by atoms with Crippen molar-refractivity contribution >= 4 is 5.97 Å². The van der Waals surface area contributed by atoms with Crippen LogP contribution in [0.15, 0.2) is 0 Å². The van der Waals surface area contributed by atoms with E-state index in [9.17, 15) is 25.2 Å². The molecule has 0 radical (unpaired) electrons. The van der Waals surface area contributed by atoms with Crippen LogP contribution in [0.4, 0.5) is 0 Å². The number of aliphatic hydroxyl groups excluding tert-OH is 5. The van der Waals surface area contributed by atoms with E-state index in [0.29, 0.717) is 0 Å². The Morgan fingerprint density at radius 3 is 2.06 bits per heavy atom. The number of aliphatic carboxylic acids is 1. The Morgan fingerprint density at radius 1 is 1.11 bits per heavy atom. The van der Waals surface area contributed by atoms with Gasteiger partial charge in [-0.05, 0) is 0 Å². The normalized spacial score (nSPS) is 17.4. The van der Waals surface area contributed by atoms with Gasteiger partial charge in [-0.1, -0.05) is 0 Å². The molecule has 0 saturated heterocycles. The zero-order chi connectivity index (χ0) is 13.4. The van der Waals surface area contributed by atoms with Gasteiger partial charge in [-0.15, -0.1) is 0 Å². The second kappa shape index (κ2) is 11.1. The van der Waals surface area contributed by atoms with E-state index >= 15 is 0 Å². The van der Waals surface area contributed by atoms with Crippen LogP contribution < -0.4 is 34.7 Å². The first-order valence-electron chi connectivity index (χ1n) is 5.00. The molecule has 0 aromatic heterocycles. The molecule has 8 nitrogen and oxygen atoms in total. The van der Waals surface area contributed by atoms with E-state index in [0.717, 1.165) is 0 Å². The van der Waals surface area contributed by atoms with Crippen molar-refractivity contribution in [2.45, 2.75) is 30.8 Å². The number of carboxylic acids is 1. The van der Waals surface area contributed by atoms with Gasteiger partial charge in [0.05, 0.1) is 19.8 Å². The fourth-order valence-electron chi connectivity index (χ4n) is 1.02. The molecule has 18 heavy (non-hydrogen) atoms. The average molecular weight is 276 g/mol. The van der Waals surface area contributed by atoms with Gasteiger partial charge in [0, 0.05) is 12.4 Å². The number of hydrogen-bond acceptors (Lipinski definition) is 8. The van der Waals surface area contributed by atoms with Gasteiger partial charge in [0.25, 0.3) is 0 Å². The minimum Gasteiger partial charge on any atom is -0.550 e. The van der Waals surface area contributed by atoms with Crippen molar-refractivity contribution in [3.05, 3.63) is 0 Å². The summed E-state index contributed by atoms with van der Waals surface area (Å²) in [5.74, 6) is -1.31. The van der Waals surface area contributed by atoms with Crippen LogP contribution in [-0.4, -0.2) is 75.7 Å². The smallest absolute Gasteiger partial charge is 0.550 e. The summed E-state index contributed by atoms with van der Waals surface area (Å²) >= 11 is 0. The van der Waals surface area contributed by atoms with Crippen molar-refractivity contribution in [1.82, 2.24) is 0 Å². The predicted octanol–water partition coefficient (Wildman–Crippen LogP) is -7.42. The summed E-state index contributed by atoms with van der Waals surface area (Å²) in [5, 5.41) is 55.4. The molecule has 0 aliphatic rings. The number of rotatable bonds is 9. The van der Waals surface area contributed by atoms with Gasteiger partial charge >= 0.3 is 29.6 Å². The first-order valence-corrected chi connectivity index (χ1v) is 5.00. The SMILES string of the molecule is O=C([O-])CCOC[C@H](O)[C@@H](O)[C@H](O)[C@H](O)CO.[Na+]. The zero-order valence-electron chi connectivity index (χ0n) is 10.1. The van der Waals surface area contributed by atoms with Crippen LogP contribution in [0.5, 0.6) is 0 Å². The van der Waals surface area contributed by atoms with Crippen LogP contribution >= 0.6 is 0 Å². The van der Waals surface area contributed by atoms with E-state index in [4.69, 9.17) is 14.9 Å². The third-order valence-electron chi connectivity index (χ3n) is 2.06. The maximum atomic E-state index is 10.0. The van der Waals surface area contributed by atoms with Crippen LogP contribution in [0, 0.1) is 0 Å². The summed E-state index contributed by atoms with van der Waals surface area (Å²) in [6.45, 7) is -1.38. The van der Waals surface area contributed by atoms with Crippen molar-refractivity contribution in [1.29, 1.82) is 0 Å². The summed E-state index contributed by atoms with van der Waals surface area (Å²) in [6, 6.07) is 0. The van der Waals surface area contributed by atoms with Crippen LogP contribution in [0.1, 0.15) is 6.42 Å². The molecule has 0 amide bonds. The molecule has 5 N–H and O–H groups in total. The van der Waals surface area contributed by atoms with E-state index in [1.165, 1.54) is 0 Å². The minimum absolute atomic E-state index is 0. The van der Waals surface area contributed by atoms with Crippen molar-refractivity contribution in [3.8, 4) is 0 Å². The second-order valence-electron chi connectivity index (χ2n) is 3.50. The molecular weight excluding hydrogens is 259 g/mol. The summed E-state index contributed by atoms with van der Waals surface area (Å²) in [7, 11) is 0. The molecule has 0 rings (SSSR count). The Labute approximate surface area is 126 Å². The van der Waals surface area contributed by atoms with Gasteiger partial charge in [-0.2, -0.15) is 0 Å². The van der Waals surface area contributed by atoms with Crippen molar-refractivity contribution in [2.24, 2.45) is 0 Å². The molecule has 0 spiro atoms. The maximum Gasteiger partial charge on any atom is 1.00 e. The van der Waals surface area contributed by atoms with Gasteiger partial charge in [-0.3, -0.25) is 0 Å². The van der Waals surface area contributed by atoms with E-state index in [-0.39, 0.29) is 42.6 Å². The predicted molar refractivity (Wildman–Crippen MR) is 51.6 cm³/mol. The van der Waals surface area contributed by atoms with E-state index < -0.39 is 43.6 Å². The van der Waals surface area contributed by atoms with Crippen molar-refractivity contribution in [2.75, 3.05) is 19.8 Å². The van der Waals surface area contributed by atoms with Crippen LogP contribution in [-0.2, 0) is 9.53 Å². The molecule has 102 valence electrons. The molecule has 9 heteroatoms. The summed E-state index contributed by atoms with van der Waals surface area (Å²) in [4.78, 5) is 10.0. The minimum atomic E-state index is -1.72. The standard InChI is InChI=1S/C9H18O8.Na/c10-3-5(11)8(15)9(16)6(12)4-17-2-1-7(13)14;/h5-6,8-12,15-16H,1-4H2,(H,13,14);/q;+1/p-1/t5-,6+,8-,9-;/m1./s1. The molecule has 0 aromatic carbocycles. The zero-order valence-corrected chi connectivity index (χ0v) is 12.1. The Bertz CT molecular complexity index is 227. The summed E-state index contributed by atoms with van der Waals surface area (Å²) < 4.78 is 4.70. The molecule has 4 atom stereocenters. The number of hydrogen-bond donors (Lipinski definition) is 5. The fraction of sp³-hybridized carbons (Fsp3) is 0.889. The Kier molecular flexibility index (Phi) is 12.7. The quantitative estimate of drug-likeness (QED) is 0.206. The average Bonchev–Trinajstić information content (AvgIpc) is 2.31. The third-order valence-corrected chi connectivity index (χ3v) is 2.06. The van der Waals surface area contributed by atoms with Gasteiger partial charge in [0.15, 0.2) is 0 Å². The molecule has 0 heterocycles. The molecule has 0 aromatic rings. The molecule has 0 bridgehead atoms. The number of carboxylic acid groups (broad SMARTS) is 1. The summed E-state index contributed by atoms with van der Waals surface area (Å²) in [6.07, 6.45) is -6.87. The van der Waals surface area contributed by atoms with Crippen molar-refractivity contribution < 1.29 is 69.7 Å². The monoisotopic (exact) mass is 276 g/mol. The number of aliphatic hydroxyl groups is 5. The summed E-state index contributed by atoms with van der Waals surface area (Å²) in [5.41, 5.74) is 0. The molecule has 0 saturated carbocycles. The number of ether oxygens (including phenoxy) is 1. The second-order valence-corrected chi connectivity index (χ2v) is 3.50. The first kappa shape index (κ1) is 20.5. The largest absolute Gasteiger partial charge is 1.00 e. The van der Waals surface area contributed by atoms with E-state index in [1.54, 1.807) is 0 Å². The first-order chi connectivity index (χ1) is 7.90. The Morgan fingerprint density at radius 2 is 1.61 bits per heavy atom. The van der Waals surface area contributed by atoms with Crippen LogP contribution in [0.2, 0.25) is 0 Å². The third kappa shape index (κ3) is 8.35. The Balaban J connectivity index is 0. The molecule has 0 aliphatic heterocycles. The van der Waals surface area contributed by atoms with Crippen LogP contribution in [0.25, 0.3) is 0 Å². The number of carbonyl (C=O) groups excluding carboxylic acids is 1. The molecule has 0 fully saturated rings. The topological polar surface area (TPSA) is 151 Å². The van der Waals surface area contributed by atoms with Gasteiger partial charge < -0.3 is 40.2 Å². The molecule has 0 unspecified atom stereocenters.